The highest BCUT2D eigenvalue weighted by molar-refractivity contribution is 6.95. The maximum atomic E-state index is 7.48. The summed E-state index contributed by atoms with van der Waals surface area (Å²) in [5, 5.41) is 0. The lowest BCUT2D eigenvalue weighted by Gasteiger charge is -2.53. The second-order valence-electron chi connectivity index (χ2n) is 10.9. The van der Waals surface area contributed by atoms with E-state index in [2.05, 4.69) is 55.4 Å². The first-order chi connectivity index (χ1) is 19.3. The Hall–Kier alpha value is 0.548. The minimum Gasteiger partial charge on any atom is -0.415 e. The van der Waals surface area contributed by atoms with Crippen LogP contribution in [0.25, 0.3) is 0 Å². The van der Waals surface area contributed by atoms with Crippen LogP contribution < -0.4 is 0 Å². The molecule has 0 aromatic rings. The molecule has 0 unspecified atom stereocenters. The standard InChI is InChI=1S/C28H64O8Si4/c1-9-17-29-21-25-37(13-5)33-38(14-6,26-22-30-18-10-2)35-40(16-8,28-24-32-20-12-4)36-39(15-7,34-37)27-23-31-19-11-3/h9-28H2,1-8H3. The van der Waals surface area contributed by atoms with E-state index in [1.54, 1.807) is 0 Å². The van der Waals surface area contributed by atoms with Crippen molar-refractivity contribution in [2.45, 2.75) is 129 Å². The summed E-state index contributed by atoms with van der Waals surface area (Å²) in [5.74, 6) is 0. The summed E-state index contributed by atoms with van der Waals surface area (Å²) in [7, 11) is -10.9. The van der Waals surface area contributed by atoms with Gasteiger partial charge in [-0.1, -0.05) is 55.4 Å². The van der Waals surface area contributed by atoms with Crippen LogP contribution in [-0.4, -0.2) is 87.1 Å². The van der Waals surface area contributed by atoms with Crippen LogP contribution in [0.5, 0.6) is 0 Å². The predicted molar refractivity (Wildman–Crippen MR) is 173 cm³/mol. The summed E-state index contributed by atoms with van der Waals surface area (Å²) in [5.41, 5.74) is 0. The van der Waals surface area contributed by atoms with Gasteiger partial charge >= 0.3 is 34.2 Å². The van der Waals surface area contributed by atoms with Crippen molar-refractivity contribution in [3.63, 3.8) is 0 Å². The zero-order valence-corrected chi connectivity index (χ0v) is 31.4. The number of rotatable bonds is 24. The highest BCUT2D eigenvalue weighted by Gasteiger charge is 2.60. The highest BCUT2D eigenvalue weighted by Crippen LogP contribution is 2.42. The van der Waals surface area contributed by atoms with Crippen LogP contribution in [-0.2, 0) is 35.4 Å². The average Bonchev–Trinajstić information content (AvgIpc) is 2.96. The molecule has 1 heterocycles. The van der Waals surface area contributed by atoms with Crippen molar-refractivity contribution < 1.29 is 35.4 Å². The first-order valence-corrected chi connectivity index (χ1v) is 25.4. The van der Waals surface area contributed by atoms with Gasteiger partial charge in [-0.3, -0.25) is 0 Å². The Morgan fingerprint density at radius 1 is 0.325 bits per heavy atom. The molecule has 0 saturated carbocycles. The number of ether oxygens (including phenoxy) is 4. The van der Waals surface area contributed by atoms with E-state index in [9.17, 15) is 0 Å². The molecule has 0 amide bonds. The van der Waals surface area contributed by atoms with Gasteiger partial charge in [0.05, 0.1) is 0 Å². The molecule has 0 atom stereocenters. The van der Waals surface area contributed by atoms with E-state index in [1.807, 2.05) is 0 Å². The fourth-order valence-electron chi connectivity index (χ4n) is 5.03. The maximum Gasteiger partial charge on any atom is 0.322 e. The van der Waals surface area contributed by atoms with Gasteiger partial charge in [-0.05, 0) is 49.9 Å². The van der Waals surface area contributed by atoms with Crippen molar-refractivity contribution in [2.75, 3.05) is 52.9 Å². The van der Waals surface area contributed by atoms with Gasteiger partial charge in [-0.2, -0.15) is 0 Å². The van der Waals surface area contributed by atoms with Gasteiger partial charge in [0.2, 0.25) is 0 Å². The van der Waals surface area contributed by atoms with Crippen molar-refractivity contribution >= 4 is 34.2 Å². The highest BCUT2D eigenvalue weighted by atomic mass is 28.5. The Bertz CT molecular complexity index is 519. The van der Waals surface area contributed by atoms with Gasteiger partial charge in [-0.15, -0.1) is 0 Å². The molecule has 8 nitrogen and oxygen atoms in total. The second kappa shape index (κ2) is 21.3. The third-order valence-corrected chi connectivity index (χ3v) is 27.6. The molecule has 1 fully saturated rings. The van der Waals surface area contributed by atoms with Crippen LogP contribution in [0, 0.1) is 0 Å². The molecule has 0 bridgehead atoms. The Morgan fingerprint density at radius 3 is 0.675 bits per heavy atom. The first kappa shape index (κ1) is 38.6. The predicted octanol–water partition coefficient (Wildman–Crippen LogP) is 7.62. The molecule has 1 saturated heterocycles. The van der Waals surface area contributed by atoms with Crippen molar-refractivity contribution in [3.05, 3.63) is 0 Å². The quantitative estimate of drug-likeness (QED) is 0.0788. The molecule has 0 aliphatic carbocycles. The molecule has 1 aliphatic rings. The topological polar surface area (TPSA) is 73.8 Å². The summed E-state index contributed by atoms with van der Waals surface area (Å²) in [6.07, 6.45) is 4.02. The SMILES string of the molecule is CCCOCC[Si]1(CC)O[Si](CC)(CCOCCC)O[Si](CC)(CCOCCC)O[Si](CC)(CCOCCC)O1. The van der Waals surface area contributed by atoms with Gasteiger partial charge in [0.15, 0.2) is 0 Å². The molecular formula is C28H64O8Si4. The van der Waals surface area contributed by atoms with Crippen molar-refractivity contribution in [1.29, 1.82) is 0 Å². The van der Waals surface area contributed by atoms with E-state index in [4.69, 9.17) is 35.4 Å². The fraction of sp³-hybridized carbons (Fsp3) is 1.00. The third kappa shape index (κ3) is 13.0. The van der Waals surface area contributed by atoms with Crippen LogP contribution in [0.3, 0.4) is 0 Å². The molecule has 0 spiro atoms. The zero-order chi connectivity index (χ0) is 29.8. The lowest BCUT2D eigenvalue weighted by atomic mass is 10.5. The van der Waals surface area contributed by atoms with E-state index < -0.39 is 34.2 Å². The monoisotopic (exact) mass is 640 g/mol. The van der Waals surface area contributed by atoms with E-state index in [0.29, 0.717) is 26.4 Å². The third-order valence-electron chi connectivity index (χ3n) is 7.55. The van der Waals surface area contributed by atoms with E-state index in [0.717, 1.165) is 100 Å². The summed E-state index contributed by atoms with van der Waals surface area (Å²) in [4.78, 5) is 0. The molecule has 1 rings (SSSR count). The van der Waals surface area contributed by atoms with Gasteiger partial charge in [0.1, 0.15) is 0 Å². The normalized spacial score (nSPS) is 29.4. The van der Waals surface area contributed by atoms with Crippen LogP contribution in [0.15, 0.2) is 0 Å². The fourth-order valence-corrected chi connectivity index (χ4v) is 29.2. The largest absolute Gasteiger partial charge is 0.415 e. The summed E-state index contributed by atoms with van der Waals surface area (Å²) < 4.78 is 54.0. The summed E-state index contributed by atoms with van der Waals surface area (Å²) in [6, 6.07) is 6.60. The van der Waals surface area contributed by atoms with Crippen molar-refractivity contribution in [1.82, 2.24) is 0 Å². The molecule has 40 heavy (non-hydrogen) atoms. The Kier molecular flexibility index (Phi) is 20.5. The number of hydrogen-bond acceptors (Lipinski definition) is 8. The van der Waals surface area contributed by atoms with Gasteiger partial charge < -0.3 is 35.4 Å². The molecule has 1 aliphatic heterocycles. The first-order valence-electron chi connectivity index (χ1n) is 16.4. The molecule has 0 N–H and O–H groups in total. The summed E-state index contributed by atoms with van der Waals surface area (Å²) >= 11 is 0. The van der Waals surface area contributed by atoms with E-state index >= 15 is 0 Å². The van der Waals surface area contributed by atoms with Crippen LogP contribution in [0.1, 0.15) is 81.1 Å². The van der Waals surface area contributed by atoms with Gasteiger partial charge in [-0.25, -0.2) is 0 Å². The molecule has 240 valence electrons. The Morgan fingerprint density at radius 2 is 0.525 bits per heavy atom. The minimum atomic E-state index is -2.73. The van der Waals surface area contributed by atoms with Crippen molar-refractivity contribution in [3.8, 4) is 0 Å². The Labute approximate surface area is 251 Å². The molecule has 0 aromatic carbocycles. The van der Waals surface area contributed by atoms with Crippen LogP contribution in [0.4, 0.5) is 0 Å². The van der Waals surface area contributed by atoms with E-state index in [1.165, 1.54) is 0 Å². The minimum absolute atomic E-state index is 0.649. The Balaban J connectivity index is 3.54. The molecular weight excluding hydrogens is 577 g/mol. The molecule has 0 radical (unpaired) electrons. The lowest BCUT2D eigenvalue weighted by molar-refractivity contribution is 0.120. The summed E-state index contributed by atoms with van der Waals surface area (Å²) in [6.45, 7) is 23.1. The van der Waals surface area contributed by atoms with E-state index in [-0.39, 0.29) is 0 Å². The number of hydrogen-bond donors (Lipinski definition) is 0. The van der Waals surface area contributed by atoms with Crippen molar-refractivity contribution in [2.24, 2.45) is 0 Å². The molecule has 0 aromatic heterocycles. The van der Waals surface area contributed by atoms with Crippen LogP contribution >= 0.6 is 0 Å². The second-order valence-corrected chi connectivity index (χ2v) is 26.3. The van der Waals surface area contributed by atoms with Crippen LogP contribution in [0.2, 0.25) is 48.4 Å². The zero-order valence-electron chi connectivity index (χ0n) is 27.4. The molecule has 12 heteroatoms. The smallest absolute Gasteiger partial charge is 0.322 e. The lowest BCUT2D eigenvalue weighted by Crippen LogP contribution is -2.70. The van der Waals surface area contributed by atoms with Gasteiger partial charge in [0.25, 0.3) is 0 Å². The maximum absolute atomic E-state index is 7.48. The van der Waals surface area contributed by atoms with Gasteiger partial charge in [0, 0.05) is 77.0 Å². The average molecular weight is 641 g/mol.